The first-order valence-corrected chi connectivity index (χ1v) is 11.3. The van der Waals surface area contributed by atoms with E-state index in [2.05, 4.69) is 0 Å². The molecule has 156 valence electrons. The molecule has 1 fully saturated rings. The minimum atomic E-state index is -3.03. The zero-order chi connectivity index (χ0) is 21.2. The van der Waals surface area contributed by atoms with Crippen molar-refractivity contribution in [2.75, 3.05) is 18.1 Å². The number of aromatic nitrogens is 1. The Kier molecular flexibility index (Phi) is 6.12. The van der Waals surface area contributed by atoms with Crippen LogP contribution in [0.3, 0.4) is 0 Å². The van der Waals surface area contributed by atoms with Crippen LogP contribution >= 0.6 is 0 Å². The Morgan fingerprint density at radius 1 is 1.21 bits per heavy atom. The van der Waals surface area contributed by atoms with Gasteiger partial charge in [0, 0.05) is 23.0 Å². The predicted octanol–water partition coefficient (Wildman–Crippen LogP) is 2.66. The zero-order valence-corrected chi connectivity index (χ0v) is 17.6. The Morgan fingerprint density at radius 3 is 2.52 bits per heavy atom. The highest BCUT2D eigenvalue weighted by Gasteiger charge is 2.32. The van der Waals surface area contributed by atoms with Gasteiger partial charge < -0.3 is 14.0 Å². The van der Waals surface area contributed by atoms with Crippen molar-refractivity contribution in [3.05, 3.63) is 53.3 Å². The number of ketones is 1. The van der Waals surface area contributed by atoms with Crippen LogP contribution in [0.4, 0.5) is 0 Å². The second kappa shape index (κ2) is 8.41. The number of carbonyl (C=O) groups is 2. The molecular formula is C21H25NO6S. The lowest BCUT2D eigenvalue weighted by molar-refractivity contribution is -0.149. The molecule has 1 aliphatic rings. The van der Waals surface area contributed by atoms with Crippen molar-refractivity contribution in [3.63, 3.8) is 0 Å². The van der Waals surface area contributed by atoms with Crippen LogP contribution in [0.2, 0.25) is 0 Å². The molecule has 1 aliphatic heterocycles. The average molecular weight is 419 g/mol. The van der Waals surface area contributed by atoms with Crippen molar-refractivity contribution < 1.29 is 27.5 Å². The van der Waals surface area contributed by atoms with E-state index in [0.29, 0.717) is 23.4 Å². The van der Waals surface area contributed by atoms with Gasteiger partial charge in [-0.25, -0.2) is 13.2 Å². The second-order valence-corrected chi connectivity index (χ2v) is 9.54. The summed E-state index contributed by atoms with van der Waals surface area (Å²) in [6.45, 7) is 4.80. The smallest absolute Gasteiger partial charge is 0.347 e. The number of carbonyl (C=O) groups excluding carboxylic acids is 2. The molecule has 3 rings (SSSR count). The molecule has 2 heterocycles. The predicted molar refractivity (Wildman–Crippen MR) is 108 cm³/mol. The summed E-state index contributed by atoms with van der Waals surface area (Å²) < 4.78 is 36.1. The number of nitrogens with zero attached hydrogens (tertiary/aromatic N) is 1. The molecule has 0 N–H and O–H groups in total. The van der Waals surface area contributed by atoms with Crippen LogP contribution in [0.5, 0.6) is 5.75 Å². The highest BCUT2D eigenvalue weighted by atomic mass is 32.2. The van der Waals surface area contributed by atoms with E-state index in [1.54, 1.807) is 44.2 Å². The van der Waals surface area contributed by atoms with E-state index in [0.717, 1.165) is 5.69 Å². The van der Waals surface area contributed by atoms with Crippen LogP contribution in [0.15, 0.2) is 36.4 Å². The van der Waals surface area contributed by atoms with Gasteiger partial charge >= 0.3 is 5.97 Å². The molecule has 0 amide bonds. The molecule has 1 saturated heterocycles. The maximum atomic E-state index is 12.6. The minimum absolute atomic E-state index is 0.0836. The van der Waals surface area contributed by atoms with Crippen molar-refractivity contribution >= 4 is 21.6 Å². The Balaban J connectivity index is 1.62. The fraction of sp³-hybridized carbons (Fsp3) is 0.429. The number of esters is 1. The summed E-state index contributed by atoms with van der Waals surface area (Å²) in [7, 11) is -3.03. The van der Waals surface area contributed by atoms with Gasteiger partial charge in [-0.15, -0.1) is 0 Å². The number of para-hydroxylation sites is 1. The molecule has 1 aromatic carbocycles. The molecule has 0 aliphatic carbocycles. The van der Waals surface area contributed by atoms with Gasteiger partial charge in [0.15, 0.2) is 22.5 Å². The summed E-state index contributed by atoms with van der Waals surface area (Å²) in [5.41, 5.74) is 1.95. The van der Waals surface area contributed by atoms with Crippen LogP contribution in [-0.4, -0.2) is 49.0 Å². The number of hydrogen-bond donors (Lipinski definition) is 0. The maximum Gasteiger partial charge on any atom is 0.347 e. The molecule has 0 spiro atoms. The molecule has 1 aromatic heterocycles. The highest BCUT2D eigenvalue weighted by molar-refractivity contribution is 7.91. The molecule has 2 atom stereocenters. The van der Waals surface area contributed by atoms with Gasteiger partial charge in [0.2, 0.25) is 5.78 Å². The van der Waals surface area contributed by atoms with Gasteiger partial charge in [0.25, 0.3) is 0 Å². The SMILES string of the molecule is Cc1cc(C(=O)COC(=O)[C@H](C)Oc2ccccc2)c(C)n1[C@H]1CCS(=O)(=O)C1. The van der Waals surface area contributed by atoms with E-state index >= 15 is 0 Å². The number of aryl methyl sites for hydroxylation is 1. The van der Waals surface area contributed by atoms with E-state index in [-0.39, 0.29) is 23.3 Å². The lowest BCUT2D eigenvalue weighted by atomic mass is 10.1. The zero-order valence-electron chi connectivity index (χ0n) is 16.8. The number of Topliss-reactive ketones (excluding diaryl/α,β-unsaturated/α-hetero) is 1. The number of benzene rings is 1. The molecule has 29 heavy (non-hydrogen) atoms. The normalized spacial score (nSPS) is 18.9. The first kappa shape index (κ1) is 21.1. The Morgan fingerprint density at radius 2 is 1.90 bits per heavy atom. The molecule has 8 heteroatoms. The van der Waals surface area contributed by atoms with E-state index in [9.17, 15) is 18.0 Å². The van der Waals surface area contributed by atoms with Gasteiger partial charge in [0.1, 0.15) is 5.75 Å². The van der Waals surface area contributed by atoms with Crippen LogP contribution in [0, 0.1) is 13.8 Å². The number of sulfone groups is 1. The maximum absolute atomic E-state index is 12.6. The highest BCUT2D eigenvalue weighted by Crippen LogP contribution is 2.29. The third-order valence-electron chi connectivity index (χ3n) is 5.09. The number of hydrogen-bond acceptors (Lipinski definition) is 6. The van der Waals surface area contributed by atoms with E-state index in [1.807, 2.05) is 17.6 Å². The third-order valence-corrected chi connectivity index (χ3v) is 6.84. The molecule has 7 nitrogen and oxygen atoms in total. The van der Waals surface area contributed by atoms with Gasteiger partial charge in [-0.1, -0.05) is 18.2 Å². The summed E-state index contributed by atoms with van der Waals surface area (Å²) in [5, 5.41) is 0. The van der Waals surface area contributed by atoms with E-state index < -0.39 is 28.5 Å². The summed E-state index contributed by atoms with van der Waals surface area (Å²) >= 11 is 0. The Labute approximate surface area is 170 Å². The minimum Gasteiger partial charge on any atom is -0.479 e. The molecule has 0 radical (unpaired) electrons. The van der Waals surface area contributed by atoms with Crippen molar-refractivity contribution in [1.82, 2.24) is 4.57 Å². The largest absolute Gasteiger partial charge is 0.479 e. The average Bonchev–Trinajstić information content (AvgIpc) is 3.18. The monoisotopic (exact) mass is 419 g/mol. The first-order valence-electron chi connectivity index (χ1n) is 9.48. The standard InChI is InChI=1S/C21H25NO6S/c1-14-11-19(15(2)22(14)17-9-10-29(25,26)13-17)20(23)12-27-21(24)16(3)28-18-7-5-4-6-8-18/h4-8,11,16-17H,9-10,12-13H2,1-3H3/t16-,17-/m0/s1. The summed E-state index contributed by atoms with van der Waals surface area (Å²) in [4.78, 5) is 24.8. The van der Waals surface area contributed by atoms with Gasteiger partial charge in [-0.05, 0) is 45.4 Å². The Hall–Kier alpha value is -2.61. The fourth-order valence-electron chi connectivity index (χ4n) is 3.68. The topological polar surface area (TPSA) is 91.7 Å². The third kappa shape index (κ3) is 4.87. The molecule has 0 bridgehead atoms. The molecular weight excluding hydrogens is 394 g/mol. The molecule has 2 aromatic rings. The lowest BCUT2D eigenvalue weighted by Crippen LogP contribution is -2.28. The quantitative estimate of drug-likeness (QED) is 0.506. The molecule has 0 saturated carbocycles. The van der Waals surface area contributed by atoms with Crippen molar-refractivity contribution in [3.8, 4) is 5.75 Å². The number of rotatable bonds is 7. The van der Waals surface area contributed by atoms with E-state index in [1.165, 1.54) is 0 Å². The van der Waals surface area contributed by atoms with Crippen LogP contribution < -0.4 is 4.74 Å². The molecule has 0 unspecified atom stereocenters. The fourth-order valence-corrected chi connectivity index (χ4v) is 5.38. The van der Waals surface area contributed by atoms with Crippen LogP contribution in [0.25, 0.3) is 0 Å². The lowest BCUT2D eigenvalue weighted by Gasteiger charge is -2.16. The van der Waals surface area contributed by atoms with Crippen LogP contribution in [0.1, 0.15) is 41.1 Å². The van der Waals surface area contributed by atoms with Gasteiger partial charge in [0.05, 0.1) is 11.5 Å². The summed E-state index contributed by atoms with van der Waals surface area (Å²) in [5.74, 6) is -0.170. The van der Waals surface area contributed by atoms with Crippen molar-refractivity contribution in [2.45, 2.75) is 39.3 Å². The summed E-state index contributed by atoms with van der Waals surface area (Å²) in [6, 6.07) is 10.4. The van der Waals surface area contributed by atoms with Gasteiger partial charge in [-0.2, -0.15) is 0 Å². The van der Waals surface area contributed by atoms with Crippen molar-refractivity contribution in [1.29, 1.82) is 0 Å². The van der Waals surface area contributed by atoms with E-state index in [4.69, 9.17) is 9.47 Å². The second-order valence-electron chi connectivity index (χ2n) is 7.32. The first-order chi connectivity index (χ1) is 13.7. The summed E-state index contributed by atoms with van der Waals surface area (Å²) in [6.07, 6.45) is -0.309. The number of ether oxygens (including phenoxy) is 2. The van der Waals surface area contributed by atoms with Crippen LogP contribution in [-0.2, 0) is 19.4 Å². The van der Waals surface area contributed by atoms with Crippen molar-refractivity contribution in [2.24, 2.45) is 0 Å². The Bertz CT molecular complexity index is 1010. The van der Waals surface area contributed by atoms with Gasteiger partial charge in [-0.3, -0.25) is 4.79 Å².